The number of nitro benzene ring substituents is 1. The lowest BCUT2D eigenvalue weighted by Crippen LogP contribution is -2.10. The van der Waals surface area contributed by atoms with Crippen LogP contribution in [0.3, 0.4) is 0 Å². The Bertz CT molecular complexity index is 425. The van der Waals surface area contributed by atoms with E-state index in [1.807, 2.05) is 22.6 Å². The van der Waals surface area contributed by atoms with Crippen LogP contribution >= 0.6 is 22.6 Å². The lowest BCUT2D eigenvalue weighted by molar-refractivity contribution is -0.384. The maximum Gasteiger partial charge on any atom is 0.270 e. The van der Waals surface area contributed by atoms with Gasteiger partial charge in [0, 0.05) is 50.7 Å². The van der Waals surface area contributed by atoms with Crippen molar-refractivity contribution in [3.05, 3.63) is 31.9 Å². The van der Waals surface area contributed by atoms with Gasteiger partial charge >= 0.3 is 0 Å². The van der Waals surface area contributed by atoms with E-state index in [-0.39, 0.29) is 5.69 Å². The first kappa shape index (κ1) is 13.4. The third-order valence-electron chi connectivity index (χ3n) is 1.87. The molecule has 0 heterocycles. The second-order valence-corrected chi connectivity index (χ2v) is 5.84. The van der Waals surface area contributed by atoms with Gasteiger partial charge in [-0.3, -0.25) is 14.3 Å². The number of benzene rings is 1. The van der Waals surface area contributed by atoms with Crippen molar-refractivity contribution in [2.75, 3.05) is 23.9 Å². The Morgan fingerprint density at radius 1 is 1.56 bits per heavy atom. The molecule has 0 fully saturated rings. The van der Waals surface area contributed by atoms with Crippen LogP contribution < -0.4 is 5.32 Å². The third-order valence-corrected chi connectivity index (χ3v) is 3.54. The Morgan fingerprint density at radius 3 is 2.75 bits per heavy atom. The van der Waals surface area contributed by atoms with Gasteiger partial charge in [-0.25, -0.2) is 0 Å². The Labute approximate surface area is 109 Å². The number of rotatable bonds is 5. The van der Waals surface area contributed by atoms with E-state index in [0.717, 1.165) is 9.26 Å². The highest BCUT2D eigenvalue weighted by Gasteiger charge is 2.08. The molecule has 0 bridgehead atoms. The second kappa shape index (κ2) is 6.14. The minimum atomic E-state index is -0.831. The first-order chi connectivity index (χ1) is 7.50. The Balaban J connectivity index is 2.68. The van der Waals surface area contributed by atoms with Gasteiger partial charge in [0.1, 0.15) is 0 Å². The molecule has 0 aliphatic carbocycles. The van der Waals surface area contributed by atoms with E-state index in [4.69, 9.17) is 0 Å². The van der Waals surface area contributed by atoms with Crippen LogP contribution in [0, 0.1) is 13.7 Å². The summed E-state index contributed by atoms with van der Waals surface area (Å²) in [5, 5.41) is 13.6. The number of hydrogen-bond acceptors (Lipinski definition) is 4. The fourth-order valence-electron chi connectivity index (χ4n) is 1.09. The van der Waals surface area contributed by atoms with Gasteiger partial charge in [0.25, 0.3) is 5.69 Å². The predicted molar refractivity (Wildman–Crippen MR) is 73.2 cm³/mol. The summed E-state index contributed by atoms with van der Waals surface area (Å²) in [6, 6.07) is 4.62. The van der Waals surface area contributed by atoms with Crippen molar-refractivity contribution < 1.29 is 9.13 Å². The predicted octanol–water partition coefficient (Wildman–Crippen LogP) is 1.99. The zero-order valence-electron chi connectivity index (χ0n) is 8.60. The Morgan fingerprint density at radius 2 is 2.25 bits per heavy atom. The largest absolute Gasteiger partial charge is 0.383 e. The monoisotopic (exact) mass is 354 g/mol. The molecule has 1 N–H and O–H groups in total. The van der Waals surface area contributed by atoms with Crippen LogP contribution in [0.25, 0.3) is 0 Å². The summed E-state index contributed by atoms with van der Waals surface area (Å²) in [5.41, 5.74) is 0.908. The Hall–Kier alpha value is -0.700. The lowest BCUT2D eigenvalue weighted by Gasteiger charge is -2.07. The Kier molecular flexibility index (Phi) is 5.13. The van der Waals surface area contributed by atoms with Crippen molar-refractivity contribution in [1.82, 2.24) is 0 Å². The van der Waals surface area contributed by atoms with Crippen molar-refractivity contribution in [2.24, 2.45) is 0 Å². The summed E-state index contributed by atoms with van der Waals surface area (Å²) in [6.07, 6.45) is 1.64. The summed E-state index contributed by atoms with van der Waals surface area (Å²) < 4.78 is 11.6. The van der Waals surface area contributed by atoms with E-state index >= 15 is 0 Å². The average Bonchev–Trinajstić information content (AvgIpc) is 2.19. The minimum Gasteiger partial charge on any atom is -0.383 e. The van der Waals surface area contributed by atoms with E-state index in [1.54, 1.807) is 12.3 Å². The second-order valence-electron chi connectivity index (χ2n) is 3.13. The highest BCUT2D eigenvalue weighted by Crippen LogP contribution is 2.23. The average molecular weight is 354 g/mol. The zero-order chi connectivity index (χ0) is 12.1. The van der Waals surface area contributed by atoms with Gasteiger partial charge in [0.05, 0.1) is 4.92 Å². The molecule has 7 heteroatoms. The molecule has 88 valence electrons. The van der Waals surface area contributed by atoms with Gasteiger partial charge in [-0.2, -0.15) is 0 Å². The third kappa shape index (κ3) is 4.05. The van der Waals surface area contributed by atoms with E-state index in [1.165, 1.54) is 12.1 Å². The smallest absolute Gasteiger partial charge is 0.270 e. The standard InChI is InChI=1S/C9H11IN2O3S/c1-16(15)5-4-11-9-3-2-7(12(13)14)6-8(9)10/h2-3,6,11H,4-5H2,1H3. The number of nitrogens with zero attached hydrogens (tertiary/aromatic N) is 1. The van der Waals surface area contributed by atoms with Crippen molar-refractivity contribution in [3.8, 4) is 0 Å². The van der Waals surface area contributed by atoms with Gasteiger partial charge in [0.2, 0.25) is 0 Å². The highest BCUT2D eigenvalue weighted by atomic mass is 127. The van der Waals surface area contributed by atoms with Crippen molar-refractivity contribution >= 4 is 44.8 Å². The molecule has 0 aliphatic rings. The maximum absolute atomic E-state index is 10.8. The number of hydrogen-bond donors (Lipinski definition) is 1. The van der Waals surface area contributed by atoms with Crippen LogP contribution in [0.1, 0.15) is 0 Å². The van der Waals surface area contributed by atoms with E-state index in [0.29, 0.717) is 12.3 Å². The van der Waals surface area contributed by atoms with Gasteiger partial charge in [-0.1, -0.05) is 0 Å². The lowest BCUT2D eigenvalue weighted by atomic mass is 10.3. The van der Waals surface area contributed by atoms with Gasteiger partial charge in [0.15, 0.2) is 0 Å². The maximum atomic E-state index is 10.8. The number of anilines is 1. The van der Waals surface area contributed by atoms with Gasteiger partial charge in [-0.05, 0) is 28.7 Å². The van der Waals surface area contributed by atoms with Crippen LogP contribution in [0.4, 0.5) is 11.4 Å². The van der Waals surface area contributed by atoms with Crippen LogP contribution in [0.15, 0.2) is 18.2 Å². The fraction of sp³-hybridized carbons (Fsp3) is 0.333. The number of halogens is 1. The van der Waals surface area contributed by atoms with Gasteiger partial charge in [-0.15, -0.1) is 0 Å². The number of nitrogens with one attached hydrogen (secondary N) is 1. The molecule has 1 aromatic rings. The molecule has 1 rings (SSSR count). The molecule has 0 amide bonds. The molecule has 0 spiro atoms. The molecule has 1 aromatic carbocycles. The number of non-ortho nitro benzene ring substituents is 1. The van der Waals surface area contributed by atoms with E-state index in [2.05, 4.69) is 5.32 Å². The first-order valence-electron chi connectivity index (χ1n) is 4.48. The topological polar surface area (TPSA) is 72.2 Å². The quantitative estimate of drug-likeness (QED) is 0.499. The van der Waals surface area contributed by atoms with Crippen molar-refractivity contribution in [2.45, 2.75) is 0 Å². The summed E-state index contributed by atoms with van der Waals surface area (Å²) >= 11 is 2.03. The molecular formula is C9H11IN2O3S. The molecule has 1 atom stereocenters. The van der Waals surface area contributed by atoms with Crippen LogP contribution in [-0.4, -0.2) is 27.7 Å². The van der Waals surface area contributed by atoms with Crippen LogP contribution in [-0.2, 0) is 10.8 Å². The molecular weight excluding hydrogens is 343 g/mol. The summed E-state index contributed by atoms with van der Waals surface area (Å²) in [7, 11) is -0.831. The molecule has 0 aromatic heterocycles. The van der Waals surface area contributed by atoms with Crippen LogP contribution in [0.5, 0.6) is 0 Å². The fourth-order valence-corrected chi connectivity index (χ4v) is 2.17. The van der Waals surface area contributed by atoms with E-state index < -0.39 is 15.7 Å². The summed E-state index contributed by atoms with van der Waals surface area (Å²) in [6.45, 7) is 0.594. The first-order valence-corrected chi connectivity index (χ1v) is 7.29. The summed E-state index contributed by atoms with van der Waals surface area (Å²) in [4.78, 5) is 10.1. The molecule has 16 heavy (non-hydrogen) atoms. The van der Waals surface area contributed by atoms with Crippen LogP contribution in [0.2, 0.25) is 0 Å². The normalized spacial score (nSPS) is 12.1. The van der Waals surface area contributed by atoms with Gasteiger partial charge < -0.3 is 5.32 Å². The number of nitro groups is 1. The molecule has 0 saturated heterocycles. The molecule has 0 radical (unpaired) electrons. The van der Waals surface area contributed by atoms with E-state index in [9.17, 15) is 14.3 Å². The van der Waals surface area contributed by atoms with Crippen molar-refractivity contribution in [1.29, 1.82) is 0 Å². The summed E-state index contributed by atoms with van der Waals surface area (Å²) in [5.74, 6) is 0.563. The molecule has 1 unspecified atom stereocenters. The van der Waals surface area contributed by atoms with Crippen molar-refractivity contribution in [3.63, 3.8) is 0 Å². The highest BCUT2D eigenvalue weighted by molar-refractivity contribution is 14.1. The molecule has 5 nitrogen and oxygen atoms in total. The minimum absolute atomic E-state index is 0.0778. The molecule has 0 saturated carbocycles. The molecule has 0 aliphatic heterocycles. The zero-order valence-corrected chi connectivity index (χ0v) is 11.6. The SMILES string of the molecule is CS(=O)CCNc1ccc([N+](=O)[O-])cc1I.